The standard InChI is InChI=1S/C18H21ClN2O3S2/c1-2-21-9-7-13(8-10-21)18(22)20-16-11-25-12-17(16)26(23,24)15-5-3-14(19)4-6-15/h3-6,11-13H,2,7-10H2,1H3,(H,20,22). The van der Waals surface area contributed by atoms with Gasteiger partial charge in [-0.05, 0) is 56.7 Å². The first kappa shape index (κ1) is 19.4. The number of sulfone groups is 1. The number of piperidine rings is 1. The number of hydrogen-bond donors (Lipinski definition) is 1. The molecule has 3 rings (SSSR count). The number of nitrogens with one attached hydrogen (secondary N) is 1. The fourth-order valence-electron chi connectivity index (χ4n) is 3.07. The van der Waals surface area contributed by atoms with E-state index in [9.17, 15) is 13.2 Å². The van der Waals surface area contributed by atoms with Gasteiger partial charge < -0.3 is 10.2 Å². The highest BCUT2D eigenvalue weighted by molar-refractivity contribution is 7.91. The van der Waals surface area contributed by atoms with Crippen LogP contribution in [0.5, 0.6) is 0 Å². The topological polar surface area (TPSA) is 66.5 Å². The number of halogens is 1. The molecule has 1 fully saturated rings. The predicted octanol–water partition coefficient (Wildman–Crippen LogP) is 3.90. The van der Waals surface area contributed by atoms with Crippen LogP contribution in [0.25, 0.3) is 0 Å². The maximum Gasteiger partial charge on any atom is 0.227 e. The average molecular weight is 413 g/mol. The van der Waals surface area contributed by atoms with Gasteiger partial charge in [0.05, 0.1) is 10.6 Å². The van der Waals surface area contributed by atoms with Crippen LogP contribution in [0.1, 0.15) is 19.8 Å². The largest absolute Gasteiger partial charge is 0.324 e. The molecule has 0 radical (unpaired) electrons. The second-order valence-electron chi connectivity index (χ2n) is 6.30. The molecule has 0 atom stereocenters. The minimum atomic E-state index is -3.70. The Labute approximate surface area is 162 Å². The van der Waals surface area contributed by atoms with E-state index in [-0.39, 0.29) is 21.6 Å². The van der Waals surface area contributed by atoms with Crippen molar-refractivity contribution in [3.8, 4) is 0 Å². The molecule has 1 aliphatic heterocycles. The third-order valence-corrected chi connectivity index (χ3v) is 7.66. The molecule has 26 heavy (non-hydrogen) atoms. The zero-order valence-corrected chi connectivity index (χ0v) is 16.8. The molecule has 0 aliphatic carbocycles. The maximum absolute atomic E-state index is 12.9. The highest BCUT2D eigenvalue weighted by Gasteiger charge is 2.27. The zero-order chi connectivity index (χ0) is 18.7. The first-order valence-electron chi connectivity index (χ1n) is 8.52. The van der Waals surface area contributed by atoms with Crippen LogP contribution in [0, 0.1) is 5.92 Å². The molecule has 5 nitrogen and oxygen atoms in total. The summed E-state index contributed by atoms with van der Waals surface area (Å²) < 4.78 is 25.7. The van der Waals surface area contributed by atoms with Crippen LogP contribution in [0.2, 0.25) is 5.02 Å². The van der Waals surface area contributed by atoms with E-state index in [0.29, 0.717) is 10.7 Å². The van der Waals surface area contributed by atoms with E-state index in [1.54, 1.807) is 22.9 Å². The highest BCUT2D eigenvalue weighted by atomic mass is 35.5. The lowest BCUT2D eigenvalue weighted by atomic mass is 9.96. The summed E-state index contributed by atoms with van der Waals surface area (Å²) in [6.45, 7) is 4.89. The number of hydrogen-bond acceptors (Lipinski definition) is 5. The summed E-state index contributed by atoms with van der Waals surface area (Å²) in [5.41, 5.74) is 0.355. The highest BCUT2D eigenvalue weighted by Crippen LogP contribution is 2.32. The van der Waals surface area contributed by atoms with Crippen molar-refractivity contribution in [2.75, 3.05) is 25.0 Å². The number of carbonyl (C=O) groups excluding carboxylic acids is 1. The maximum atomic E-state index is 12.9. The molecule has 1 amide bonds. The van der Waals surface area contributed by atoms with Gasteiger partial charge >= 0.3 is 0 Å². The normalized spacial score (nSPS) is 16.5. The zero-order valence-electron chi connectivity index (χ0n) is 14.4. The SMILES string of the molecule is CCN1CCC(C(=O)Nc2cscc2S(=O)(=O)c2ccc(Cl)cc2)CC1. The van der Waals surface area contributed by atoms with Crippen molar-refractivity contribution in [3.05, 3.63) is 40.0 Å². The molecular weight excluding hydrogens is 392 g/mol. The lowest BCUT2D eigenvalue weighted by Gasteiger charge is -2.30. The Kier molecular flexibility index (Phi) is 6.02. The Morgan fingerprint density at radius 3 is 2.50 bits per heavy atom. The molecule has 0 saturated carbocycles. The average Bonchev–Trinajstić information content (AvgIpc) is 3.11. The van der Waals surface area contributed by atoms with Crippen molar-refractivity contribution in [1.29, 1.82) is 0 Å². The van der Waals surface area contributed by atoms with E-state index >= 15 is 0 Å². The first-order valence-corrected chi connectivity index (χ1v) is 11.3. The van der Waals surface area contributed by atoms with E-state index in [1.807, 2.05) is 0 Å². The van der Waals surface area contributed by atoms with Crippen molar-refractivity contribution in [3.63, 3.8) is 0 Å². The molecular formula is C18H21ClN2O3S2. The van der Waals surface area contributed by atoms with Gasteiger partial charge in [0, 0.05) is 21.7 Å². The molecule has 1 saturated heterocycles. The number of anilines is 1. The van der Waals surface area contributed by atoms with Gasteiger partial charge in [-0.2, -0.15) is 0 Å². The van der Waals surface area contributed by atoms with Crippen molar-refractivity contribution in [1.82, 2.24) is 4.90 Å². The Bertz CT molecular complexity index is 870. The number of benzene rings is 1. The van der Waals surface area contributed by atoms with Crippen molar-refractivity contribution in [2.45, 2.75) is 29.6 Å². The van der Waals surface area contributed by atoms with Gasteiger partial charge in [-0.3, -0.25) is 4.79 Å². The molecule has 1 aromatic heterocycles. The Hall–Kier alpha value is -1.41. The second kappa shape index (κ2) is 8.08. The van der Waals surface area contributed by atoms with Crippen LogP contribution in [-0.2, 0) is 14.6 Å². The first-order chi connectivity index (χ1) is 12.4. The minimum absolute atomic E-state index is 0.0798. The minimum Gasteiger partial charge on any atom is -0.324 e. The van der Waals surface area contributed by atoms with Crippen LogP contribution >= 0.6 is 22.9 Å². The van der Waals surface area contributed by atoms with Crippen molar-refractivity contribution in [2.24, 2.45) is 5.92 Å². The predicted molar refractivity (Wildman–Crippen MR) is 105 cm³/mol. The Morgan fingerprint density at radius 2 is 1.88 bits per heavy atom. The van der Waals surface area contributed by atoms with Crippen LogP contribution < -0.4 is 5.32 Å². The molecule has 0 spiro atoms. The van der Waals surface area contributed by atoms with Gasteiger partial charge in [-0.25, -0.2) is 8.42 Å². The summed E-state index contributed by atoms with van der Waals surface area (Å²) in [6.07, 6.45) is 1.59. The quantitative estimate of drug-likeness (QED) is 0.808. The van der Waals surface area contributed by atoms with Crippen LogP contribution in [0.4, 0.5) is 5.69 Å². The van der Waals surface area contributed by atoms with Gasteiger partial charge in [-0.1, -0.05) is 18.5 Å². The third-order valence-electron chi connectivity index (χ3n) is 4.70. The molecule has 1 aliphatic rings. The fourth-order valence-corrected chi connectivity index (χ4v) is 5.73. The molecule has 0 unspecified atom stereocenters. The summed E-state index contributed by atoms with van der Waals surface area (Å²) in [6, 6.07) is 6.03. The van der Waals surface area contributed by atoms with Gasteiger partial charge in [0.1, 0.15) is 4.90 Å². The Balaban J connectivity index is 1.76. The molecule has 8 heteroatoms. The second-order valence-corrected chi connectivity index (χ2v) is 9.40. The van der Waals surface area contributed by atoms with E-state index in [4.69, 9.17) is 11.6 Å². The van der Waals surface area contributed by atoms with Gasteiger partial charge in [0.25, 0.3) is 0 Å². The summed E-state index contributed by atoms with van der Waals surface area (Å²) in [4.78, 5) is 15.2. The number of rotatable bonds is 5. The molecule has 1 aromatic carbocycles. The lowest BCUT2D eigenvalue weighted by molar-refractivity contribution is -0.121. The van der Waals surface area contributed by atoms with Crippen molar-refractivity contribution >= 4 is 44.4 Å². The molecule has 2 aromatic rings. The number of nitrogens with zero attached hydrogens (tertiary/aromatic N) is 1. The number of amides is 1. The Morgan fingerprint density at radius 1 is 1.23 bits per heavy atom. The fraction of sp³-hybridized carbons (Fsp3) is 0.389. The van der Waals surface area contributed by atoms with Gasteiger partial charge in [-0.15, -0.1) is 11.3 Å². The van der Waals surface area contributed by atoms with Gasteiger partial charge in [0.2, 0.25) is 15.7 Å². The number of likely N-dealkylation sites (tertiary alicyclic amines) is 1. The van der Waals surface area contributed by atoms with Crippen LogP contribution in [-0.4, -0.2) is 38.9 Å². The van der Waals surface area contributed by atoms with E-state index in [2.05, 4.69) is 17.1 Å². The van der Waals surface area contributed by atoms with Crippen LogP contribution in [0.15, 0.2) is 44.8 Å². The molecule has 0 bridgehead atoms. The molecule has 2 heterocycles. The van der Waals surface area contributed by atoms with Gasteiger partial charge in [0.15, 0.2) is 0 Å². The lowest BCUT2D eigenvalue weighted by Crippen LogP contribution is -2.38. The third kappa shape index (κ3) is 4.11. The molecule has 1 N–H and O–H groups in total. The van der Waals surface area contributed by atoms with E-state index < -0.39 is 9.84 Å². The van der Waals surface area contributed by atoms with E-state index in [1.165, 1.54) is 23.5 Å². The van der Waals surface area contributed by atoms with E-state index in [0.717, 1.165) is 32.5 Å². The summed E-state index contributed by atoms with van der Waals surface area (Å²) in [5.74, 6) is -0.185. The number of thiophene rings is 1. The number of carbonyl (C=O) groups is 1. The van der Waals surface area contributed by atoms with Crippen molar-refractivity contribution < 1.29 is 13.2 Å². The summed E-state index contributed by atoms with van der Waals surface area (Å²) >= 11 is 7.10. The summed E-state index contributed by atoms with van der Waals surface area (Å²) in [7, 11) is -3.70. The van der Waals surface area contributed by atoms with Crippen LogP contribution in [0.3, 0.4) is 0 Å². The molecule has 140 valence electrons. The summed E-state index contributed by atoms with van der Waals surface area (Å²) in [5, 5.41) is 6.52. The monoisotopic (exact) mass is 412 g/mol. The smallest absolute Gasteiger partial charge is 0.227 e.